The van der Waals surface area contributed by atoms with Crippen LogP contribution in [-0.4, -0.2) is 53.3 Å². The van der Waals surface area contributed by atoms with E-state index in [-0.39, 0.29) is 43.5 Å². The lowest BCUT2D eigenvalue weighted by Gasteiger charge is -2.24. The largest absolute Gasteiger partial charge is 0.326 e. The highest BCUT2D eigenvalue weighted by molar-refractivity contribution is 7.12. The zero-order valence-electron chi connectivity index (χ0n) is 14.5. The first-order valence-electron chi connectivity index (χ1n) is 8.71. The van der Waals surface area contributed by atoms with Gasteiger partial charge in [0.25, 0.3) is 5.91 Å². The molecule has 2 fully saturated rings. The number of anilines is 1. The molecule has 1 aromatic heterocycles. The van der Waals surface area contributed by atoms with Crippen LogP contribution in [0.2, 0.25) is 5.02 Å². The van der Waals surface area contributed by atoms with Crippen LogP contribution in [-0.2, 0) is 9.59 Å². The average molecular weight is 404 g/mol. The number of amides is 3. The fourth-order valence-electron chi connectivity index (χ4n) is 3.13. The lowest BCUT2D eigenvalue weighted by Crippen LogP contribution is -2.43. The molecular weight excluding hydrogens is 386 g/mol. The van der Waals surface area contributed by atoms with Crippen LogP contribution in [0.4, 0.5) is 5.69 Å². The molecule has 0 spiro atoms. The maximum atomic E-state index is 12.8. The Balaban J connectivity index is 1.45. The Kier molecular flexibility index (Phi) is 4.88. The van der Waals surface area contributed by atoms with E-state index in [4.69, 9.17) is 11.6 Å². The summed E-state index contributed by atoms with van der Waals surface area (Å²) in [6, 6.07) is 10.7. The summed E-state index contributed by atoms with van der Waals surface area (Å²) in [5.74, 6) is -0.490. The molecule has 0 atom stereocenters. The van der Waals surface area contributed by atoms with Gasteiger partial charge in [-0.3, -0.25) is 19.3 Å². The molecule has 1 aromatic carbocycles. The molecule has 0 bridgehead atoms. The zero-order chi connectivity index (χ0) is 19.0. The number of halogens is 1. The molecule has 1 aliphatic carbocycles. The number of carbonyl (C=O) groups is 3. The molecule has 6 nitrogen and oxygen atoms in total. The lowest BCUT2D eigenvalue weighted by molar-refractivity contribution is -0.132. The van der Waals surface area contributed by atoms with Crippen LogP contribution in [0.3, 0.4) is 0 Å². The van der Waals surface area contributed by atoms with Crippen molar-refractivity contribution in [1.29, 1.82) is 0 Å². The van der Waals surface area contributed by atoms with Gasteiger partial charge in [-0.25, -0.2) is 0 Å². The Labute approximate surface area is 165 Å². The molecule has 1 saturated carbocycles. The van der Waals surface area contributed by atoms with Gasteiger partial charge in [0, 0.05) is 16.8 Å². The molecule has 4 rings (SSSR count). The van der Waals surface area contributed by atoms with Crippen molar-refractivity contribution in [2.45, 2.75) is 18.9 Å². The minimum absolute atomic E-state index is 0.00192. The van der Waals surface area contributed by atoms with E-state index in [1.54, 1.807) is 35.2 Å². The molecular formula is C19H18ClN3O3S. The van der Waals surface area contributed by atoms with Crippen molar-refractivity contribution in [3.05, 3.63) is 51.7 Å². The van der Waals surface area contributed by atoms with E-state index in [1.807, 2.05) is 11.4 Å². The smallest absolute Gasteiger partial charge is 0.264 e. The van der Waals surface area contributed by atoms with Crippen molar-refractivity contribution in [1.82, 2.24) is 9.80 Å². The topological polar surface area (TPSA) is 60.9 Å². The fourth-order valence-corrected chi connectivity index (χ4v) is 3.99. The highest BCUT2D eigenvalue weighted by Gasteiger charge is 2.38. The summed E-state index contributed by atoms with van der Waals surface area (Å²) in [5, 5.41) is 2.38. The number of hydrogen-bond donors (Lipinski definition) is 0. The van der Waals surface area contributed by atoms with Crippen molar-refractivity contribution in [2.24, 2.45) is 0 Å². The number of hydrogen-bond acceptors (Lipinski definition) is 4. The molecule has 1 saturated heterocycles. The van der Waals surface area contributed by atoms with E-state index < -0.39 is 0 Å². The maximum absolute atomic E-state index is 12.8. The van der Waals surface area contributed by atoms with Crippen LogP contribution in [0, 0.1) is 0 Å². The van der Waals surface area contributed by atoms with E-state index in [1.165, 1.54) is 21.1 Å². The molecule has 0 N–H and O–H groups in total. The minimum atomic E-state index is -0.218. The van der Waals surface area contributed by atoms with E-state index in [0.29, 0.717) is 15.6 Å². The number of nitrogens with zero attached hydrogens (tertiary/aromatic N) is 3. The Hall–Kier alpha value is -2.38. The van der Waals surface area contributed by atoms with Gasteiger partial charge < -0.3 is 9.80 Å². The van der Waals surface area contributed by atoms with Gasteiger partial charge in [-0.15, -0.1) is 11.3 Å². The summed E-state index contributed by atoms with van der Waals surface area (Å²) < 4.78 is 0. The van der Waals surface area contributed by atoms with Gasteiger partial charge in [-0.1, -0.05) is 23.7 Å². The van der Waals surface area contributed by atoms with Crippen LogP contribution in [0.1, 0.15) is 22.5 Å². The van der Waals surface area contributed by atoms with Crippen molar-refractivity contribution >= 4 is 46.3 Å². The van der Waals surface area contributed by atoms with E-state index in [9.17, 15) is 14.4 Å². The van der Waals surface area contributed by atoms with Crippen LogP contribution < -0.4 is 4.90 Å². The molecule has 8 heteroatoms. The standard InChI is InChI=1S/C19H18ClN3O3S/c20-13-3-1-4-15(9-13)23-12-21(10-18(23)25)17(24)11-22(14-6-7-14)19(26)16-5-2-8-27-16/h1-5,8-9,14H,6-7,10-12H2. The predicted octanol–water partition coefficient (Wildman–Crippen LogP) is 2.84. The Morgan fingerprint density at radius 2 is 2.04 bits per heavy atom. The van der Waals surface area contributed by atoms with Gasteiger partial charge in [0.2, 0.25) is 11.8 Å². The normalized spacial score (nSPS) is 16.7. The molecule has 1 aliphatic heterocycles. The highest BCUT2D eigenvalue weighted by Crippen LogP contribution is 2.29. The van der Waals surface area contributed by atoms with Crippen molar-refractivity contribution in [2.75, 3.05) is 24.7 Å². The van der Waals surface area contributed by atoms with E-state index >= 15 is 0 Å². The molecule has 27 heavy (non-hydrogen) atoms. The summed E-state index contributed by atoms with van der Waals surface area (Å²) in [6.07, 6.45) is 1.83. The number of thiophene rings is 1. The van der Waals surface area contributed by atoms with Crippen LogP contribution in [0.5, 0.6) is 0 Å². The predicted molar refractivity (Wildman–Crippen MR) is 104 cm³/mol. The second kappa shape index (κ2) is 7.32. The molecule has 140 valence electrons. The monoisotopic (exact) mass is 403 g/mol. The molecule has 2 aromatic rings. The van der Waals surface area contributed by atoms with Crippen LogP contribution in [0.25, 0.3) is 0 Å². The summed E-state index contributed by atoms with van der Waals surface area (Å²) in [4.78, 5) is 43.1. The van der Waals surface area contributed by atoms with Crippen molar-refractivity contribution in [3.63, 3.8) is 0 Å². The zero-order valence-corrected chi connectivity index (χ0v) is 16.1. The quantitative estimate of drug-likeness (QED) is 0.771. The Bertz CT molecular complexity index is 882. The molecule has 3 amide bonds. The number of benzene rings is 1. The van der Waals surface area contributed by atoms with Crippen molar-refractivity contribution in [3.8, 4) is 0 Å². The first kappa shape index (κ1) is 18.0. The molecule has 0 radical (unpaired) electrons. The summed E-state index contributed by atoms with van der Waals surface area (Å²) in [6.45, 7) is 0.179. The maximum Gasteiger partial charge on any atom is 0.264 e. The first-order valence-corrected chi connectivity index (χ1v) is 9.97. The van der Waals surface area contributed by atoms with Crippen LogP contribution in [0.15, 0.2) is 41.8 Å². The van der Waals surface area contributed by atoms with Gasteiger partial charge in [-0.05, 0) is 42.5 Å². The summed E-state index contributed by atoms with van der Waals surface area (Å²) >= 11 is 7.37. The SMILES string of the molecule is O=C(CN(C(=O)c1cccs1)C1CC1)N1CC(=O)N(c2cccc(Cl)c2)C1. The fraction of sp³-hybridized carbons (Fsp3) is 0.316. The third-order valence-electron chi connectivity index (χ3n) is 4.70. The van der Waals surface area contributed by atoms with Gasteiger partial charge in [0.1, 0.15) is 19.8 Å². The molecule has 2 aliphatic rings. The summed E-state index contributed by atoms with van der Waals surface area (Å²) in [7, 11) is 0. The molecule has 2 heterocycles. The Morgan fingerprint density at radius 3 is 2.70 bits per heavy atom. The van der Waals surface area contributed by atoms with Gasteiger partial charge >= 0.3 is 0 Å². The van der Waals surface area contributed by atoms with E-state index in [2.05, 4.69) is 0 Å². The van der Waals surface area contributed by atoms with Crippen molar-refractivity contribution < 1.29 is 14.4 Å². The highest BCUT2D eigenvalue weighted by atomic mass is 35.5. The second-order valence-electron chi connectivity index (χ2n) is 6.68. The summed E-state index contributed by atoms with van der Waals surface area (Å²) in [5.41, 5.74) is 0.663. The second-order valence-corrected chi connectivity index (χ2v) is 8.06. The lowest BCUT2D eigenvalue weighted by atomic mass is 10.3. The minimum Gasteiger partial charge on any atom is -0.326 e. The van der Waals surface area contributed by atoms with Gasteiger partial charge in [0.15, 0.2) is 0 Å². The molecule has 0 unspecified atom stereocenters. The van der Waals surface area contributed by atoms with Gasteiger partial charge in [-0.2, -0.15) is 0 Å². The van der Waals surface area contributed by atoms with E-state index in [0.717, 1.165) is 12.8 Å². The first-order chi connectivity index (χ1) is 13.0. The number of carbonyl (C=O) groups excluding carboxylic acids is 3. The number of rotatable bonds is 5. The Morgan fingerprint density at radius 1 is 1.22 bits per heavy atom. The average Bonchev–Trinajstić information content (AvgIpc) is 3.18. The van der Waals surface area contributed by atoms with Gasteiger partial charge in [0.05, 0.1) is 4.88 Å². The van der Waals surface area contributed by atoms with Crippen LogP contribution >= 0.6 is 22.9 Å². The third kappa shape index (κ3) is 3.84. The third-order valence-corrected chi connectivity index (χ3v) is 5.79.